The molecular weight excluding hydrogens is 211 g/mol. The Hall–Kier alpha value is -1.62. The first-order chi connectivity index (χ1) is 7.69. The molecule has 1 aromatic carbocycles. The molecule has 1 saturated heterocycles. The Bertz CT molecular complexity index is 380. The molecule has 1 unspecified atom stereocenters. The molecule has 1 aliphatic rings. The van der Waals surface area contributed by atoms with Crippen molar-refractivity contribution < 1.29 is 14.3 Å². The monoisotopic (exact) mass is 224 g/mol. The molecule has 4 nitrogen and oxygen atoms in total. The third-order valence-corrected chi connectivity index (χ3v) is 2.56. The lowest BCUT2D eigenvalue weighted by atomic mass is 10.2. The fourth-order valence-electron chi connectivity index (χ4n) is 1.71. The van der Waals surface area contributed by atoms with Crippen molar-refractivity contribution in [3.05, 3.63) is 35.6 Å². The van der Waals surface area contributed by atoms with Gasteiger partial charge in [0.2, 0.25) is 0 Å². The van der Waals surface area contributed by atoms with Crippen molar-refractivity contribution in [2.75, 3.05) is 13.2 Å². The second-order valence-corrected chi connectivity index (χ2v) is 3.84. The number of carbonyl (C=O) groups is 1. The maximum atomic E-state index is 12.7. The van der Waals surface area contributed by atoms with E-state index in [-0.39, 0.29) is 24.5 Å². The van der Waals surface area contributed by atoms with Crippen LogP contribution in [0.25, 0.3) is 0 Å². The van der Waals surface area contributed by atoms with Gasteiger partial charge in [-0.1, -0.05) is 12.1 Å². The number of carbonyl (C=O) groups excluding carboxylic acids is 1. The Morgan fingerprint density at radius 2 is 2.12 bits per heavy atom. The Kier molecular flexibility index (Phi) is 3.05. The molecule has 0 spiro atoms. The standard InChI is InChI=1S/C11H13FN2O2/c12-9-3-1-8(2-4-9)5-14-6-10(7-15)13-11(14)16/h1-4,10,15H,5-7H2,(H,13,16). The number of nitrogens with zero attached hydrogens (tertiary/aromatic N) is 1. The van der Waals surface area contributed by atoms with Crippen molar-refractivity contribution in [3.8, 4) is 0 Å². The third kappa shape index (κ3) is 2.30. The molecule has 0 radical (unpaired) electrons. The smallest absolute Gasteiger partial charge is 0.318 e. The molecule has 1 atom stereocenters. The molecule has 1 aliphatic heterocycles. The van der Waals surface area contributed by atoms with Crippen LogP contribution in [0, 0.1) is 5.82 Å². The predicted molar refractivity (Wildman–Crippen MR) is 56.2 cm³/mol. The quantitative estimate of drug-likeness (QED) is 0.794. The topological polar surface area (TPSA) is 52.6 Å². The zero-order valence-corrected chi connectivity index (χ0v) is 8.69. The lowest BCUT2D eigenvalue weighted by Gasteiger charge is -2.14. The van der Waals surface area contributed by atoms with Crippen molar-refractivity contribution in [1.29, 1.82) is 0 Å². The van der Waals surface area contributed by atoms with Crippen LogP contribution in [0.5, 0.6) is 0 Å². The predicted octanol–water partition coefficient (Wildman–Crippen LogP) is 0.712. The van der Waals surface area contributed by atoms with E-state index in [0.717, 1.165) is 5.56 Å². The number of urea groups is 1. The Labute approximate surface area is 92.7 Å². The van der Waals surface area contributed by atoms with Crippen LogP contribution in [0.4, 0.5) is 9.18 Å². The minimum Gasteiger partial charge on any atom is -0.394 e. The van der Waals surface area contributed by atoms with Crippen LogP contribution >= 0.6 is 0 Å². The first-order valence-corrected chi connectivity index (χ1v) is 5.10. The number of hydrogen-bond donors (Lipinski definition) is 2. The molecule has 5 heteroatoms. The van der Waals surface area contributed by atoms with Gasteiger partial charge in [-0.15, -0.1) is 0 Å². The van der Waals surface area contributed by atoms with Crippen LogP contribution in [0.1, 0.15) is 5.56 Å². The summed E-state index contributed by atoms with van der Waals surface area (Å²) in [7, 11) is 0. The van der Waals surface area contributed by atoms with E-state index in [1.807, 2.05) is 0 Å². The highest BCUT2D eigenvalue weighted by Crippen LogP contribution is 2.11. The van der Waals surface area contributed by atoms with Gasteiger partial charge in [-0.05, 0) is 17.7 Å². The van der Waals surface area contributed by atoms with Crippen molar-refractivity contribution in [3.63, 3.8) is 0 Å². The molecule has 0 aromatic heterocycles. The molecule has 2 N–H and O–H groups in total. The molecule has 2 amide bonds. The molecule has 0 saturated carbocycles. The van der Waals surface area contributed by atoms with Gasteiger partial charge in [0.05, 0.1) is 12.6 Å². The number of halogens is 1. The van der Waals surface area contributed by atoms with Crippen molar-refractivity contribution >= 4 is 6.03 Å². The summed E-state index contributed by atoms with van der Waals surface area (Å²) in [5, 5.41) is 11.6. The van der Waals surface area contributed by atoms with E-state index in [4.69, 9.17) is 5.11 Å². The van der Waals surface area contributed by atoms with E-state index in [1.54, 1.807) is 17.0 Å². The van der Waals surface area contributed by atoms with Crippen molar-refractivity contribution in [2.45, 2.75) is 12.6 Å². The van der Waals surface area contributed by atoms with E-state index in [2.05, 4.69) is 5.32 Å². The number of aliphatic hydroxyl groups excluding tert-OH is 1. The molecule has 1 heterocycles. The van der Waals surface area contributed by atoms with Crippen LogP contribution < -0.4 is 5.32 Å². The average molecular weight is 224 g/mol. The van der Waals surface area contributed by atoms with Crippen LogP contribution in [0.3, 0.4) is 0 Å². The van der Waals surface area contributed by atoms with Gasteiger partial charge >= 0.3 is 6.03 Å². The highest BCUT2D eigenvalue weighted by atomic mass is 19.1. The number of nitrogens with one attached hydrogen (secondary N) is 1. The summed E-state index contributed by atoms with van der Waals surface area (Å²) < 4.78 is 12.7. The fraction of sp³-hybridized carbons (Fsp3) is 0.364. The number of rotatable bonds is 3. The van der Waals surface area contributed by atoms with Crippen LogP contribution in [-0.2, 0) is 6.54 Å². The Morgan fingerprint density at radius 1 is 1.44 bits per heavy atom. The van der Waals surface area contributed by atoms with Crippen LogP contribution in [0.15, 0.2) is 24.3 Å². The maximum absolute atomic E-state index is 12.7. The molecule has 16 heavy (non-hydrogen) atoms. The average Bonchev–Trinajstić information content (AvgIpc) is 2.63. The van der Waals surface area contributed by atoms with Gasteiger partial charge in [-0.25, -0.2) is 9.18 Å². The second kappa shape index (κ2) is 4.49. The third-order valence-electron chi connectivity index (χ3n) is 2.56. The summed E-state index contributed by atoms with van der Waals surface area (Å²) >= 11 is 0. The lowest BCUT2D eigenvalue weighted by Crippen LogP contribution is -2.29. The number of amides is 2. The summed E-state index contributed by atoms with van der Waals surface area (Å²) in [6.07, 6.45) is 0. The molecule has 2 rings (SSSR count). The molecule has 0 bridgehead atoms. The zero-order valence-electron chi connectivity index (χ0n) is 8.69. The van der Waals surface area contributed by atoms with Gasteiger partial charge in [-0.3, -0.25) is 0 Å². The normalized spacial score (nSPS) is 20.0. The number of hydrogen-bond acceptors (Lipinski definition) is 2. The SMILES string of the molecule is O=C1NC(CO)CN1Cc1ccc(F)cc1. The van der Waals surface area contributed by atoms with Crippen molar-refractivity contribution in [1.82, 2.24) is 10.2 Å². The fourth-order valence-corrected chi connectivity index (χ4v) is 1.71. The van der Waals surface area contributed by atoms with Crippen LogP contribution in [-0.4, -0.2) is 35.2 Å². The van der Waals surface area contributed by atoms with Gasteiger partial charge in [0, 0.05) is 13.1 Å². The Balaban J connectivity index is 2.00. The van der Waals surface area contributed by atoms with E-state index in [0.29, 0.717) is 13.1 Å². The maximum Gasteiger partial charge on any atom is 0.318 e. The van der Waals surface area contributed by atoms with Gasteiger partial charge in [0.1, 0.15) is 5.82 Å². The van der Waals surface area contributed by atoms with E-state index < -0.39 is 0 Å². The number of benzene rings is 1. The molecule has 1 fully saturated rings. The van der Waals surface area contributed by atoms with Gasteiger partial charge < -0.3 is 15.3 Å². The second-order valence-electron chi connectivity index (χ2n) is 3.84. The minimum atomic E-state index is -0.289. The van der Waals surface area contributed by atoms with E-state index in [9.17, 15) is 9.18 Å². The van der Waals surface area contributed by atoms with Gasteiger partial charge in [0.25, 0.3) is 0 Å². The molecule has 1 aromatic rings. The lowest BCUT2D eigenvalue weighted by molar-refractivity contribution is 0.215. The first kappa shape index (κ1) is 10.9. The van der Waals surface area contributed by atoms with Gasteiger partial charge in [0.15, 0.2) is 0 Å². The highest BCUT2D eigenvalue weighted by Gasteiger charge is 2.27. The summed E-state index contributed by atoms with van der Waals surface area (Å²) in [6.45, 7) is 0.848. The summed E-state index contributed by atoms with van der Waals surface area (Å²) in [4.78, 5) is 13.0. The van der Waals surface area contributed by atoms with Gasteiger partial charge in [-0.2, -0.15) is 0 Å². The first-order valence-electron chi connectivity index (χ1n) is 5.10. The minimum absolute atomic E-state index is 0.0638. The highest BCUT2D eigenvalue weighted by molar-refractivity contribution is 5.76. The molecule has 0 aliphatic carbocycles. The Morgan fingerprint density at radius 3 is 2.69 bits per heavy atom. The van der Waals surface area contributed by atoms with E-state index in [1.165, 1.54) is 12.1 Å². The van der Waals surface area contributed by atoms with E-state index >= 15 is 0 Å². The zero-order chi connectivity index (χ0) is 11.5. The largest absolute Gasteiger partial charge is 0.394 e. The molecule has 86 valence electrons. The van der Waals surface area contributed by atoms with Crippen molar-refractivity contribution in [2.24, 2.45) is 0 Å². The summed E-state index contributed by atoms with van der Waals surface area (Å²) in [5.41, 5.74) is 0.870. The summed E-state index contributed by atoms with van der Waals surface area (Å²) in [5.74, 6) is -0.289. The molecular formula is C11H13FN2O2. The number of aliphatic hydroxyl groups is 1. The van der Waals surface area contributed by atoms with Crippen LogP contribution in [0.2, 0.25) is 0 Å². The summed E-state index contributed by atoms with van der Waals surface area (Å²) in [6, 6.07) is 5.64.